The van der Waals surface area contributed by atoms with E-state index in [0.29, 0.717) is 12.8 Å². The van der Waals surface area contributed by atoms with Gasteiger partial charge in [-0.2, -0.15) is 0 Å². The minimum atomic E-state index is -0.865. The van der Waals surface area contributed by atoms with Gasteiger partial charge in [0, 0.05) is 6.04 Å². The summed E-state index contributed by atoms with van der Waals surface area (Å²) in [6, 6.07) is -0.424. The largest absolute Gasteiger partial charge is 0.480 e. The second-order valence-corrected chi connectivity index (χ2v) is 4.49. The van der Waals surface area contributed by atoms with E-state index >= 15 is 0 Å². The highest BCUT2D eigenvalue weighted by atomic mass is 16.4. The van der Waals surface area contributed by atoms with Crippen molar-refractivity contribution in [2.75, 3.05) is 0 Å². The fourth-order valence-electron chi connectivity index (χ4n) is 1.95. The van der Waals surface area contributed by atoms with Crippen LogP contribution in [-0.2, 0) is 9.59 Å². The van der Waals surface area contributed by atoms with E-state index in [1.165, 1.54) is 4.90 Å². The average molecular weight is 227 g/mol. The fraction of sp³-hybridized carbons (Fsp3) is 0.833. The molecule has 1 aliphatic rings. The van der Waals surface area contributed by atoms with Crippen molar-refractivity contribution in [2.24, 2.45) is 0 Å². The van der Waals surface area contributed by atoms with Gasteiger partial charge in [-0.1, -0.05) is 32.6 Å². The van der Waals surface area contributed by atoms with Crippen molar-refractivity contribution in [1.29, 1.82) is 0 Å². The van der Waals surface area contributed by atoms with E-state index in [1.54, 1.807) is 0 Å². The van der Waals surface area contributed by atoms with Crippen LogP contribution in [-0.4, -0.2) is 34.5 Å². The molecular weight excluding hydrogens is 206 g/mol. The lowest BCUT2D eigenvalue weighted by Gasteiger charge is -2.24. The summed E-state index contributed by atoms with van der Waals surface area (Å²) in [6.07, 6.45) is 7.42. The highest BCUT2D eigenvalue weighted by Crippen LogP contribution is 2.28. The van der Waals surface area contributed by atoms with E-state index in [9.17, 15) is 9.59 Å². The Morgan fingerprint density at radius 2 is 2.12 bits per heavy atom. The summed E-state index contributed by atoms with van der Waals surface area (Å²) in [6.45, 7) is 2.12. The van der Waals surface area contributed by atoms with Crippen LogP contribution in [0.3, 0.4) is 0 Å². The van der Waals surface area contributed by atoms with Gasteiger partial charge in [-0.25, -0.2) is 4.79 Å². The number of amides is 1. The van der Waals surface area contributed by atoms with Gasteiger partial charge in [-0.05, 0) is 19.3 Å². The lowest BCUT2D eigenvalue weighted by atomic mass is 10.1. The molecule has 0 aromatic heterocycles. The lowest BCUT2D eigenvalue weighted by molar-refractivity contribution is -0.147. The average Bonchev–Trinajstić information content (AvgIpc) is 3.06. The molecule has 1 saturated carbocycles. The Labute approximate surface area is 96.6 Å². The molecule has 1 rings (SSSR count). The molecule has 1 atom stereocenters. The van der Waals surface area contributed by atoms with Crippen LogP contribution >= 0.6 is 0 Å². The summed E-state index contributed by atoms with van der Waals surface area (Å²) < 4.78 is 0. The number of carbonyl (C=O) groups excluding carboxylic acids is 1. The van der Waals surface area contributed by atoms with E-state index in [1.807, 2.05) is 0 Å². The van der Waals surface area contributed by atoms with Gasteiger partial charge in [0.25, 0.3) is 0 Å². The molecule has 0 bridgehead atoms. The first kappa shape index (κ1) is 13.0. The van der Waals surface area contributed by atoms with E-state index < -0.39 is 12.0 Å². The zero-order chi connectivity index (χ0) is 12.0. The molecule has 4 nitrogen and oxygen atoms in total. The Kier molecular flexibility index (Phi) is 5.29. The van der Waals surface area contributed by atoms with E-state index in [0.717, 1.165) is 38.5 Å². The number of hydrogen-bond donors (Lipinski definition) is 1. The molecule has 0 spiro atoms. The van der Waals surface area contributed by atoms with Crippen LogP contribution in [0.25, 0.3) is 0 Å². The van der Waals surface area contributed by atoms with Crippen LogP contribution in [0.15, 0.2) is 0 Å². The van der Waals surface area contributed by atoms with Gasteiger partial charge >= 0.3 is 5.97 Å². The number of carboxylic acids is 1. The summed E-state index contributed by atoms with van der Waals surface area (Å²) in [4.78, 5) is 23.5. The maximum absolute atomic E-state index is 11.1. The summed E-state index contributed by atoms with van der Waals surface area (Å²) >= 11 is 0. The van der Waals surface area contributed by atoms with E-state index in [4.69, 9.17) is 5.11 Å². The monoisotopic (exact) mass is 227 g/mol. The topological polar surface area (TPSA) is 57.6 Å². The summed E-state index contributed by atoms with van der Waals surface area (Å²) in [5.41, 5.74) is 0. The van der Waals surface area contributed by atoms with Gasteiger partial charge in [0.2, 0.25) is 6.41 Å². The van der Waals surface area contributed by atoms with Crippen molar-refractivity contribution >= 4 is 12.4 Å². The molecule has 0 aromatic rings. The zero-order valence-corrected chi connectivity index (χ0v) is 9.89. The number of carboxylic acid groups (broad SMARTS) is 1. The van der Waals surface area contributed by atoms with Gasteiger partial charge in [0.1, 0.15) is 6.04 Å². The highest BCUT2D eigenvalue weighted by Gasteiger charge is 2.35. The Morgan fingerprint density at radius 3 is 2.56 bits per heavy atom. The molecule has 1 N–H and O–H groups in total. The fourth-order valence-corrected chi connectivity index (χ4v) is 1.95. The van der Waals surface area contributed by atoms with E-state index in [-0.39, 0.29) is 6.04 Å². The lowest BCUT2D eigenvalue weighted by Crippen LogP contribution is -2.41. The van der Waals surface area contributed by atoms with Crippen LogP contribution in [0.1, 0.15) is 51.9 Å². The van der Waals surface area contributed by atoms with Crippen LogP contribution < -0.4 is 0 Å². The molecule has 0 radical (unpaired) electrons. The molecule has 1 aliphatic carbocycles. The summed E-state index contributed by atoms with van der Waals surface area (Å²) in [5, 5.41) is 9.11. The van der Waals surface area contributed by atoms with Crippen molar-refractivity contribution in [2.45, 2.75) is 64.0 Å². The van der Waals surface area contributed by atoms with Gasteiger partial charge in [-0.15, -0.1) is 0 Å². The van der Waals surface area contributed by atoms with Crippen LogP contribution in [0.2, 0.25) is 0 Å². The summed E-state index contributed by atoms with van der Waals surface area (Å²) in [7, 11) is 0. The third kappa shape index (κ3) is 3.83. The first-order chi connectivity index (χ1) is 7.70. The highest BCUT2D eigenvalue weighted by molar-refractivity contribution is 5.76. The Bertz CT molecular complexity index is 238. The van der Waals surface area contributed by atoms with Crippen molar-refractivity contribution in [3.8, 4) is 0 Å². The molecule has 16 heavy (non-hydrogen) atoms. The molecule has 0 aromatic carbocycles. The second kappa shape index (κ2) is 6.51. The van der Waals surface area contributed by atoms with Gasteiger partial charge in [-0.3, -0.25) is 4.79 Å². The van der Waals surface area contributed by atoms with Crippen LogP contribution in [0.5, 0.6) is 0 Å². The molecule has 92 valence electrons. The number of unbranched alkanes of at least 4 members (excludes halogenated alkanes) is 3. The predicted molar refractivity (Wildman–Crippen MR) is 61.1 cm³/mol. The number of rotatable bonds is 9. The molecule has 1 amide bonds. The van der Waals surface area contributed by atoms with Crippen LogP contribution in [0.4, 0.5) is 0 Å². The quantitative estimate of drug-likeness (QED) is 0.484. The smallest absolute Gasteiger partial charge is 0.326 e. The SMILES string of the molecule is CCCCCCC(C(=O)O)N(C=O)C1CC1. The van der Waals surface area contributed by atoms with Crippen molar-refractivity contribution < 1.29 is 14.7 Å². The first-order valence-electron chi connectivity index (χ1n) is 6.16. The second-order valence-electron chi connectivity index (χ2n) is 4.49. The summed E-state index contributed by atoms with van der Waals surface area (Å²) in [5.74, 6) is -0.865. The number of nitrogens with zero attached hydrogens (tertiary/aromatic N) is 1. The van der Waals surface area contributed by atoms with Gasteiger partial charge < -0.3 is 10.0 Å². The molecule has 1 fully saturated rings. The Balaban J connectivity index is 2.39. The third-order valence-corrected chi connectivity index (χ3v) is 3.07. The molecule has 1 unspecified atom stereocenters. The number of hydrogen-bond acceptors (Lipinski definition) is 2. The van der Waals surface area contributed by atoms with Crippen molar-refractivity contribution in [3.05, 3.63) is 0 Å². The molecular formula is C12H21NO3. The zero-order valence-electron chi connectivity index (χ0n) is 9.89. The Morgan fingerprint density at radius 1 is 1.44 bits per heavy atom. The van der Waals surface area contributed by atoms with Gasteiger partial charge in [0.15, 0.2) is 0 Å². The van der Waals surface area contributed by atoms with Crippen LogP contribution in [0, 0.1) is 0 Å². The first-order valence-corrected chi connectivity index (χ1v) is 6.16. The third-order valence-electron chi connectivity index (χ3n) is 3.07. The predicted octanol–water partition coefficient (Wildman–Crippen LogP) is 2.03. The maximum Gasteiger partial charge on any atom is 0.326 e. The maximum atomic E-state index is 11.1. The Hall–Kier alpha value is -1.06. The van der Waals surface area contributed by atoms with Crippen molar-refractivity contribution in [3.63, 3.8) is 0 Å². The molecule has 0 saturated heterocycles. The minimum absolute atomic E-state index is 0.185. The molecule has 4 heteroatoms. The van der Waals surface area contributed by atoms with Crippen molar-refractivity contribution in [1.82, 2.24) is 4.90 Å². The molecule has 0 heterocycles. The minimum Gasteiger partial charge on any atom is -0.480 e. The van der Waals surface area contributed by atoms with E-state index in [2.05, 4.69) is 6.92 Å². The number of carbonyl (C=O) groups is 2. The number of aliphatic carboxylic acids is 1. The van der Waals surface area contributed by atoms with Gasteiger partial charge in [0.05, 0.1) is 0 Å². The normalized spacial score (nSPS) is 16.8. The molecule has 0 aliphatic heterocycles. The standard InChI is InChI=1S/C12H21NO3/c1-2-3-4-5-6-11(12(15)16)13(9-14)10-7-8-10/h9-11H,2-8H2,1H3,(H,15,16).